The standard InChI is InChI=1S/C19H25ClN2S/c1-3-7-22-10-12(11-23-2)8-14-13-5-4-6-16-18(13)15(9-17(14)22)19(20)21-16/h4-6,12,14,17,21H,3,7-11H2,1-2H3/t12?,14-,17-/m0/s1. The highest BCUT2D eigenvalue weighted by molar-refractivity contribution is 7.98. The molecular weight excluding hydrogens is 324 g/mol. The summed E-state index contributed by atoms with van der Waals surface area (Å²) in [7, 11) is 0. The first-order valence-electron chi connectivity index (χ1n) is 8.74. The highest BCUT2D eigenvalue weighted by atomic mass is 35.5. The highest BCUT2D eigenvalue weighted by Gasteiger charge is 2.40. The van der Waals surface area contributed by atoms with Crippen LogP contribution in [0.1, 0.15) is 36.8 Å². The molecule has 1 N–H and O–H groups in total. The van der Waals surface area contributed by atoms with Crippen molar-refractivity contribution in [2.75, 3.05) is 25.1 Å². The molecule has 1 aromatic carbocycles. The summed E-state index contributed by atoms with van der Waals surface area (Å²) in [4.78, 5) is 6.14. The smallest absolute Gasteiger partial charge is 0.110 e. The van der Waals surface area contributed by atoms with Gasteiger partial charge in [0.1, 0.15) is 5.15 Å². The Labute approximate surface area is 148 Å². The van der Waals surface area contributed by atoms with E-state index in [4.69, 9.17) is 11.6 Å². The number of fused-ring (bicyclic) bond motifs is 2. The van der Waals surface area contributed by atoms with Crippen LogP contribution in [0.3, 0.4) is 0 Å². The Morgan fingerprint density at radius 3 is 3.04 bits per heavy atom. The molecule has 3 atom stereocenters. The molecular formula is C19H25ClN2S. The van der Waals surface area contributed by atoms with Crippen molar-refractivity contribution in [1.82, 2.24) is 9.88 Å². The molecule has 2 nitrogen and oxygen atoms in total. The van der Waals surface area contributed by atoms with E-state index in [2.05, 4.69) is 41.3 Å². The second-order valence-electron chi connectivity index (χ2n) is 7.12. The van der Waals surface area contributed by atoms with Gasteiger partial charge in [-0.05, 0) is 60.9 Å². The van der Waals surface area contributed by atoms with Crippen LogP contribution in [0.15, 0.2) is 18.2 Å². The highest BCUT2D eigenvalue weighted by Crippen LogP contribution is 2.46. The Bertz CT molecular complexity index is 711. The quantitative estimate of drug-likeness (QED) is 0.845. The van der Waals surface area contributed by atoms with Gasteiger partial charge in [0.15, 0.2) is 0 Å². The average molecular weight is 349 g/mol. The lowest BCUT2D eigenvalue weighted by atomic mass is 9.72. The Hall–Kier alpha value is -0.640. The molecule has 0 spiro atoms. The monoisotopic (exact) mass is 348 g/mol. The number of halogens is 1. The fraction of sp³-hybridized carbons (Fsp3) is 0.579. The predicted octanol–water partition coefficient (Wildman–Crippen LogP) is 4.92. The fourth-order valence-corrected chi connectivity index (χ4v) is 5.83. The largest absolute Gasteiger partial charge is 0.345 e. The van der Waals surface area contributed by atoms with Crippen molar-refractivity contribution in [3.63, 3.8) is 0 Å². The van der Waals surface area contributed by atoms with Crippen molar-refractivity contribution in [3.05, 3.63) is 34.5 Å². The number of hydrogen-bond acceptors (Lipinski definition) is 2. The van der Waals surface area contributed by atoms with E-state index in [1.807, 2.05) is 11.8 Å². The van der Waals surface area contributed by atoms with Crippen LogP contribution in [0.5, 0.6) is 0 Å². The van der Waals surface area contributed by atoms with Crippen molar-refractivity contribution >= 4 is 34.3 Å². The molecule has 1 aliphatic carbocycles. The minimum Gasteiger partial charge on any atom is -0.345 e. The molecule has 0 saturated carbocycles. The summed E-state index contributed by atoms with van der Waals surface area (Å²) in [5.41, 5.74) is 4.10. The van der Waals surface area contributed by atoms with Crippen molar-refractivity contribution < 1.29 is 0 Å². The molecule has 1 unspecified atom stereocenters. The van der Waals surface area contributed by atoms with Gasteiger partial charge in [-0.1, -0.05) is 30.7 Å². The lowest BCUT2D eigenvalue weighted by Gasteiger charge is -2.47. The summed E-state index contributed by atoms with van der Waals surface area (Å²) in [5, 5.41) is 2.27. The molecule has 4 heteroatoms. The number of rotatable bonds is 4. The Balaban J connectivity index is 1.79. The number of piperidine rings is 1. The molecule has 2 heterocycles. The molecule has 0 radical (unpaired) electrons. The maximum Gasteiger partial charge on any atom is 0.110 e. The van der Waals surface area contributed by atoms with Gasteiger partial charge in [0.05, 0.1) is 0 Å². The molecule has 23 heavy (non-hydrogen) atoms. The topological polar surface area (TPSA) is 19.0 Å². The van der Waals surface area contributed by atoms with Crippen LogP contribution in [0.2, 0.25) is 5.15 Å². The zero-order valence-electron chi connectivity index (χ0n) is 13.9. The number of aromatic amines is 1. The number of thioether (sulfide) groups is 1. The number of hydrogen-bond donors (Lipinski definition) is 1. The van der Waals surface area contributed by atoms with Gasteiger partial charge in [-0.3, -0.25) is 4.90 Å². The summed E-state index contributed by atoms with van der Waals surface area (Å²) in [6.07, 6.45) is 5.90. The molecule has 4 rings (SSSR count). The molecule has 1 aromatic heterocycles. The van der Waals surface area contributed by atoms with Crippen LogP contribution in [-0.4, -0.2) is 41.0 Å². The third-order valence-electron chi connectivity index (χ3n) is 5.65. The van der Waals surface area contributed by atoms with Crippen molar-refractivity contribution in [3.8, 4) is 0 Å². The van der Waals surface area contributed by atoms with Gasteiger partial charge in [0, 0.05) is 29.4 Å². The van der Waals surface area contributed by atoms with E-state index in [1.54, 1.807) is 0 Å². The fourth-order valence-electron chi connectivity index (χ4n) is 4.84. The maximum absolute atomic E-state index is 6.53. The minimum atomic E-state index is 0.624. The van der Waals surface area contributed by atoms with Gasteiger partial charge in [0.2, 0.25) is 0 Å². The van der Waals surface area contributed by atoms with E-state index in [9.17, 15) is 0 Å². The molecule has 2 aromatic rings. The molecule has 1 aliphatic heterocycles. The maximum atomic E-state index is 6.53. The molecule has 1 fully saturated rings. The average Bonchev–Trinajstić information content (AvgIpc) is 2.86. The van der Waals surface area contributed by atoms with Crippen molar-refractivity contribution in [2.45, 2.75) is 38.1 Å². The van der Waals surface area contributed by atoms with E-state index in [1.165, 1.54) is 53.7 Å². The number of likely N-dealkylation sites (tertiary alicyclic amines) is 1. The number of benzene rings is 1. The zero-order valence-corrected chi connectivity index (χ0v) is 15.5. The van der Waals surface area contributed by atoms with Gasteiger partial charge in [-0.15, -0.1) is 0 Å². The van der Waals surface area contributed by atoms with Gasteiger partial charge in [-0.25, -0.2) is 0 Å². The summed E-state index contributed by atoms with van der Waals surface area (Å²) >= 11 is 8.53. The number of nitrogens with one attached hydrogen (secondary N) is 1. The normalized spacial score (nSPS) is 27.3. The molecule has 124 valence electrons. The van der Waals surface area contributed by atoms with Crippen LogP contribution in [0.4, 0.5) is 0 Å². The predicted molar refractivity (Wildman–Crippen MR) is 102 cm³/mol. The van der Waals surface area contributed by atoms with Crippen molar-refractivity contribution in [1.29, 1.82) is 0 Å². The number of H-pyrrole nitrogens is 1. The lowest BCUT2D eigenvalue weighted by molar-refractivity contribution is 0.0927. The minimum absolute atomic E-state index is 0.624. The first-order valence-corrected chi connectivity index (χ1v) is 10.5. The molecule has 0 amide bonds. The molecule has 2 aliphatic rings. The van der Waals surface area contributed by atoms with Crippen LogP contribution in [0.25, 0.3) is 10.9 Å². The second-order valence-corrected chi connectivity index (χ2v) is 8.41. The SMILES string of the molecule is CCCN1CC(CSC)C[C@H]2c3cccc4[nH]c(Cl)c(c34)C[C@@H]21. The van der Waals surface area contributed by atoms with Crippen LogP contribution >= 0.6 is 23.4 Å². The van der Waals surface area contributed by atoms with E-state index in [0.717, 1.165) is 17.5 Å². The summed E-state index contributed by atoms with van der Waals surface area (Å²) in [5.74, 6) is 2.75. The zero-order chi connectivity index (χ0) is 16.0. The Morgan fingerprint density at radius 2 is 2.26 bits per heavy atom. The van der Waals surface area contributed by atoms with E-state index >= 15 is 0 Å². The summed E-state index contributed by atoms with van der Waals surface area (Å²) < 4.78 is 0. The van der Waals surface area contributed by atoms with Gasteiger partial charge in [0.25, 0.3) is 0 Å². The third-order valence-corrected chi connectivity index (χ3v) is 6.77. The van der Waals surface area contributed by atoms with Gasteiger partial charge in [-0.2, -0.15) is 11.8 Å². The number of aromatic nitrogens is 1. The van der Waals surface area contributed by atoms with Crippen LogP contribution < -0.4 is 0 Å². The summed E-state index contributed by atoms with van der Waals surface area (Å²) in [6, 6.07) is 7.33. The van der Waals surface area contributed by atoms with Crippen LogP contribution in [0, 0.1) is 5.92 Å². The first-order chi connectivity index (χ1) is 11.2. The third kappa shape index (κ3) is 2.61. The Morgan fingerprint density at radius 1 is 1.39 bits per heavy atom. The lowest BCUT2D eigenvalue weighted by Crippen LogP contribution is -2.50. The van der Waals surface area contributed by atoms with E-state index < -0.39 is 0 Å². The number of nitrogens with zero attached hydrogens (tertiary/aromatic N) is 1. The Kier molecular flexibility index (Phi) is 4.38. The van der Waals surface area contributed by atoms with E-state index in [-0.39, 0.29) is 0 Å². The molecule has 0 bridgehead atoms. The van der Waals surface area contributed by atoms with Gasteiger partial charge >= 0.3 is 0 Å². The van der Waals surface area contributed by atoms with E-state index in [0.29, 0.717) is 12.0 Å². The van der Waals surface area contributed by atoms with Crippen LogP contribution in [-0.2, 0) is 6.42 Å². The molecule has 1 saturated heterocycles. The van der Waals surface area contributed by atoms with Crippen molar-refractivity contribution in [2.24, 2.45) is 5.92 Å². The second kappa shape index (κ2) is 6.34. The summed E-state index contributed by atoms with van der Waals surface area (Å²) in [6.45, 7) is 4.76. The first kappa shape index (κ1) is 15.9. The van der Waals surface area contributed by atoms with Gasteiger partial charge < -0.3 is 4.98 Å².